The van der Waals surface area contributed by atoms with E-state index in [9.17, 15) is 4.79 Å². The molecular weight excluding hydrogens is 469 g/mol. The van der Waals surface area contributed by atoms with Crippen LogP contribution in [0.4, 0.5) is 0 Å². The molecule has 0 bridgehead atoms. The predicted molar refractivity (Wildman–Crippen MR) is 124 cm³/mol. The number of carbonyl (C=O) groups is 1. The average Bonchev–Trinajstić information content (AvgIpc) is 3.26. The molecule has 146 valence electrons. The molecule has 0 N–H and O–H groups in total. The minimum absolute atomic E-state index is 0.144. The fourth-order valence-corrected chi connectivity index (χ4v) is 4.69. The Bertz CT molecular complexity index is 1140. The highest BCUT2D eigenvalue weighted by molar-refractivity contribution is 8.26. The van der Waals surface area contributed by atoms with Gasteiger partial charge in [-0.25, -0.2) is 0 Å². The number of thioether (sulfide) groups is 1. The van der Waals surface area contributed by atoms with Crippen molar-refractivity contribution in [3.63, 3.8) is 0 Å². The smallest absolute Gasteiger partial charge is 0.266 e. The summed E-state index contributed by atoms with van der Waals surface area (Å²) in [7, 11) is 0. The summed E-state index contributed by atoms with van der Waals surface area (Å²) >= 11 is 25.0. The van der Waals surface area contributed by atoms with E-state index >= 15 is 0 Å². The first kappa shape index (κ1) is 20.5. The van der Waals surface area contributed by atoms with E-state index in [1.807, 2.05) is 30.3 Å². The van der Waals surface area contributed by atoms with Gasteiger partial charge in [-0.15, -0.1) is 0 Å². The number of hydrogen-bond donors (Lipinski definition) is 0. The zero-order chi connectivity index (χ0) is 20.5. The quantitative estimate of drug-likeness (QED) is 0.223. The van der Waals surface area contributed by atoms with Crippen LogP contribution in [0.15, 0.2) is 63.9 Å². The molecule has 0 radical (unpaired) electrons. The largest absolute Gasteiger partial charge is 0.457 e. The zero-order valence-corrected chi connectivity index (χ0v) is 18.6. The molecule has 1 aromatic heterocycles. The number of halogens is 3. The molecule has 1 saturated heterocycles. The van der Waals surface area contributed by atoms with E-state index in [1.165, 1.54) is 11.8 Å². The van der Waals surface area contributed by atoms with Crippen molar-refractivity contribution >= 4 is 75.1 Å². The molecule has 0 spiro atoms. The fourth-order valence-electron chi connectivity index (χ4n) is 2.82. The van der Waals surface area contributed by atoms with Crippen LogP contribution in [0.2, 0.25) is 15.1 Å². The van der Waals surface area contributed by atoms with Crippen molar-refractivity contribution in [1.29, 1.82) is 0 Å². The Morgan fingerprint density at radius 1 is 1.00 bits per heavy atom. The van der Waals surface area contributed by atoms with Gasteiger partial charge in [0.15, 0.2) is 0 Å². The number of amides is 1. The summed E-state index contributed by atoms with van der Waals surface area (Å²) < 4.78 is 6.37. The van der Waals surface area contributed by atoms with Gasteiger partial charge in [0.25, 0.3) is 5.91 Å². The third-order valence-electron chi connectivity index (χ3n) is 4.23. The minimum atomic E-state index is -0.144. The molecule has 1 amide bonds. The van der Waals surface area contributed by atoms with Gasteiger partial charge in [-0.2, -0.15) is 0 Å². The second kappa shape index (κ2) is 8.54. The number of benzene rings is 2. The molecule has 0 unspecified atom stereocenters. The van der Waals surface area contributed by atoms with Gasteiger partial charge in [-0.1, -0.05) is 89.1 Å². The van der Waals surface area contributed by atoms with Crippen molar-refractivity contribution in [3.05, 3.63) is 85.9 Å². The van der Waals surface area contributed by atoms with Crippen LogP contribution in [0.5, 0.6) is 0 Å². The Balaban J connectivity index is 1.57. The molecule has 1 aliphatic heterocycles. The van der Waals surface area contributed by atoms with Gasteiger partial charge in [0, 0.05) is 11.6 Å². The lowest BCUT2D eigenvalue weighted by atomic mass is 10.2. The van der Waals surface area contributed by atoms with E-state index in [0.29, 0.717) is 47.9 Å². The molecule has 1 fully saturated rings. The standard InChI is InChI=1S/C21H12Cl3NO2S2/c22-15-10-17(24)16(23)9-14(15)18-7-6-13(27-18)8-19-20(26)25(21(28)29-19)11-12-4-2-1-3-5-12/h1-10H,11H2/b19-8+. The maximum absolute atomic E-state index is 12.8. The van der Waals surface area contributed by atoms with E-state index < -0.39 is 0 Å². The lowest BCUT2D eigenvalue weighted by molar-refractivity contribution is -0.122. The van der Waals surface area contributed by atoms with E-state index in [2.05, 4.69) is 0 Å². The van der Waals surface area contributed by atoms with Crippen LogP contribution in [-0.4, -0.2) is 15.1 Å². The lowest BCUT2D eigenvalue weighted by Crippen LogP contribution is -2.27. The topological polar surface area (TPSA) is 33.5 Å². The Kier molecular flexibility index (Phi) is 6.04. The van der Waals surface area contributed by atoms with E-state index in [4.69, 9.17) is 51.4 Å². The normalized spacial score (nSPS) is 15.6. The average molecular weight is 481 g/mol. The summed E-state index contributed by atoms with van der Waals surface area (Å²) in [6, 6.07) is 16.5. The van der Waals surface area contributed by atoms with E-state index in [-0.39, 0.29) is 5.91 Å². The molecule has 8 heteroatoms. The molecule has 1 aliphatic rings. The Morgan fingerprint density at radius 2 is 1.72 bits per heavy atom. The molecular formula is C21H12Cl3NO2S2. The van der Waals surface area contributed by atoms with Crippen molar-refractivity contribution in [2.24, 2.45) is 0 Å². The SMILES string of the molecule is O=C1/C(=C\c2ccc(-c3cc(Cl)c(Cl)cc3Cl)o2)SC(=S)N1Cc1ccccc1. The van der Waals surface area contributed by atoms with Crippen LogP contribution in [-0.2, 0) is 11.3 Å². The maximum atomic E-state index is 12.8. The van der Waals surface area contributed by atoms with Gasteiger partial charge in [-0.05, 0) is 29.8 Å². The third kappa shape index (κ3) is 4.39. The molecule has 2 aromatic carbocycles. The van der Waals surface area contributed by atoms with Gasteiger partial charge in [-0.3, -0.25) is 9.69 Å². The minimum Gasteiger partial charge on any atom is -0.457 e. The molecule has 2 heterocycles. The molecule has 0 saturated carbocycles. The fraction of sp³-hybridized carbons (Fsp3) is 0.0476. The second-order valence-corrected chi connectivity index (χ2v) is 9.10. The maximum Gasteiger partial charge on any atom is 0.266 e. The molecule has 29 heavy (non-hydrogen) atoms. The number of furan rings is 1. The number of hydrogen-bond acceptors (Lipinski definition) is 4. The van der Waals surface area contributed by atoms with Crippen molar-refractivity contribution in [2.75, 3.05) is 0 Å². The molecule has 3 nitrogen and oxygen atoms in total. The first-order valence-electron chi connectivity index (χ1n) is 8.46. The van der Waals surface area contributed by atoms with Crippen LogP contribution in [0.25, 0.3) is 17.4 Å². The van der Waals surface area contributed by atoms with Crippen LogP contribution in [0.1, 0.15) is 11.3 Å². The summed E-state index contributed by atoms with van der Waals surface area (Å²) in [4.78, 5) is 14.9. The summed E-state index contributed by atoms with van der Waals surface area (Å²) in [6.07, 6.45) is 1.68. The van der Waals surface area contributed by atoms with Crippen molar-refractivity contribution in [1.82, 2.24) is 4.90 Å². The van der Waals surface area contributed by atoms with Gasteiger partial charge < -0.3 is 4.42 Å². The van der Waals surface area contributed by atoms with Gasteiger partial charge in [0.2, 0.25) is 0 Å². The molecule has 4 rings (SSSR count). The number of carbonyl (C=O) groups excluding carboxylic acids is 1. The first-order chi connectivity index (χ1) is 13.9. The lowest BCUT2D eigenvalue weighted by Gasteiger charge is -2.14. The Morgan fingerprint density at radius 3 is 2.48 bits per heavy atom. The second-order valence-electron chi connectivity index (χ2n) is 6.20. The highest BCUT2D eigenvalue weighted by Crippen LogP contribution is 2.38. The molecule has 0 aliphatic carbocycles. The number of thiocarbonyl (C=S) groups is 1. The highest BCUT2D eigenvalue weighted by Gasteiger charge is 2.32. The van der Waals surface area contributed by atoms with Gasteiger partial charge >= 0.3 is 0 Å². The molecule has 3 aromatic rings. The van der Waals surface area contributed by atoms with Gasteiger partial charge in [0.05, 0.1) is 26.5 Å². The van der Waals surface area contributed by atoms with E-state index in [1.54, 1.807) is 35.2 Å². The monoisotopic (exact) mass is 479 g/mol. The summed E-state index contributed by atoms with van der Waals surface area (Å²) in [6.45, 7) is 0.436. The van der Waals surface area contributed by atoms with Crippen LogP contribution in [0, 0.1) is 0 Å². The van der Waals surface area contributed by atoms with Crippen LogP contribution < -0.4 is 0 Å². The van der Waals surface area contributed by atoms with Crippen molar-refractivity contribution in [2.45, 2.75) is 6.54 Å². The van der Waals surface area contributed by atoms with Crippen LogP contribution in [0.3, 0.4) is 0 Å². The van der Waals surface area contributed by atoms with E-state index in [0.717, 1.165) is 5.56 Å². The highest BCUT2D eigenvalue weighted by atomic mass is 35.5. The number of nitrogens with zero attached hydrogens (tertiary/aromatic N) is 1. The number of rotatable bonds is 4. The third-order valence-corrected chi connectivity index (χ3v) is 6.65. The van der Waals surface area contributed by atoms with Crippen LogP contribution >= 0.6 is 58.8 Å². The summed E-state index contributed by atoms with van der Waals surface area (Å²) in [5.41, 5.74) is 1.64. The van der Waals surface area contributed by atoms with Crippen molar-refractivity contribution in [3.8, 4) is 11.3 Å². The van der Waals surface area contributed by atoms with Gasteiger partial charge in [0.1, 0.15) is 15.8 Å². The summed E-state index contributed by atoms with van der Waals surface area (Å²) in [5.74, 6) is 0.899. The predicted octanol–water partition coefficient (Wildman–Crippen LogP) is 7.31. The van der Waals surface area contributed by atoms with Crippen molar-refractivity contribution < 1.29 is 9.21 Å². The summed E-state index contributed by atoms with van der Waals surface area (Å²) in [5, 5.41) is 1.18. The Hall–Kier alpha value is -1.76. The zero-order valence-electron chi connectivity index (χ0n) is 14.7. The Labute approximate surface area is 192 Å². The molecule has 0 atom stereocenters. The first-order valence-corrected chi connectivity index (χ1v) is 10.8.